The monoisotopic (exact) mass is 265 g/mol. The molecule has 102 valence electrons. The maximum atomic E-state index is 4.45. The third-order valence-electron chi connectivity index (χ3n) is 3.60. The number of pyridine rings is 1. The Kier molecular flexibility index (Phi) is 3.79. The van der Waals surface area contributed by atoms with Crippen LogP contribution in [0.25, 0.3) is 10.9 Å². The Morgan fingerprint density at radius 1 is 1.15 bits per heavy atom. The molecular formula is C17H19N3. The maximum absolute atomic E-state index is 4.45. The Morgan fingerprint density at radius 2 is 2.10 bits per heavy atom. The van der Waals surface area contributed by atoms with E-state index in [9.17, 15) is 0 Å². The lowest BCUT2D eigenvalue weighted by Gasteiger charge is -2.08. The highest BCUT2D eigenvalue weighted by atomic mass is 14.9. The number of H-pyrrole nitrogens is 1. The second-order valence-electron chi connectivity index (χ2n) is 4.97. The minimum absolute atomic E-state index is 0.815. The molecule has 0 saturated carbocycles. The highest BCUT2D eigenvalue weighted by molar-refractivity contribution is 5.79. The van der Waals surface area contributed by atoms with E-state index >= 15 is 0 Å². The quantitative estimate of drug-likeness (QED) is 0.742. The van der Waals surface area contributed by atoms with E-state index in [1.807, 2.05) is 18.5 Å². The van der Waals surface area contributed by atoms with Crippen molar-refractivity contribution in [3.8, 4) is 0 Å². The number of hydrogen-bond donors (Lipinski definition) is 2. The number of rotatable bonds is 5. The molecule has 3 heteroatoms. The molecule has 3 aromatic rings. The van der Waals surface area contributed by atoms with E-state index in [1.54, 1.807) is 0 Å². The van der Waals surface area contributed by atoms with Gasteiger partial charge in [-0.3, -0.25) is 4.98 Å². The summed E-state index contributed by atoms with van der Waals surface area (Å²) >= 11 is 0. The van der Waals surface area contributed by atoms with Crippen molar-refractivity contribution in [2.24, 2.45) is 0 Å². The molecular weight excluding hydrogens is 246 g/mol. The van der Waals surface area contributed by atoms with E-state index in [0.717, 1.165) is 25.2 Å². The zero-order valence-corrected chi connectivity index (χ0v) is 11.7. The highest BCUT2D eigenvalue weighted by Crippen LogP contribution is 2.14. The molecule has 0 amide bonds. The van der Waals surface area contributed by atoms with Crippen LogP contribution in [0.3, 0.4) is 0 Å². The summed E-state index contributed by atoms with van der Waals surface area (Å²) in [5.41, 5.74) is 4.96. The van der Waals surface area contributed by atoms with Crippen molar-refractivity contribution in [3.63, 3.8) is 0 Å². The van der Waals surface area contributed by atoms with E-state index in [1.165, 1.54) is 22.0 Å². The molecule has 0 fully saturated rings. The first-order valence-corrected chi connectivity index (χ1v) is 7.06. The number of aryl methyl sites for hydroxylation is 1. The lowest BCUT2D eigenvalue weighted by molar-refractivity contribution is 0.674. The van der Waals surface area contributed by atoms with Crippen LogP contribution in [-0.4, -0.2) is 9.97 Å². The number of nitrogens with zero attached hydrogens (tertiary/aromatic N) is 1. The smallest absolute Gasteiger partial charge is 0.0573 e. The Hall–Kier alpha value is -2.13. The largest absolute Gasteiger partial charge is 0.361 e. The molecule has 3 rings (SSSR count). The molecule has 20 heavy (non-hydrogen) atoms. The lowest BCUT2D eigenvalue weighted by Crippen LogP contribution is -2.15. The van der Waals surface area contributed by atoms with Gasteiger partial charge in [0.15, 0.2) is 0 Å². The first kappa shape index (κ1) is 12.9. The van der Waals surface area contributed by atoms with E-state index in [2.05, 4.69) is 52.5 Å². The summed E-state index contributed by atoms with van der Waals surface area (Å²) in [6.07, 6.45) is 4.87. The van der Waals surface area contributed by atoms with Crippen molar-refractivity contribution in [1.29, 1.82) is 0 Å². The summed E-state index contributed by atoms with van der Waals surface area (Å²) in [5.74, 6) is 0. The molecule has 1 aromatic carbocycles. The third kappa shape index (κ3) is 2.73. The SMILES string of the molecule is CCc1cccnc1CNCc1ccc2[nH]ccc2c1. The molecule has 0 aliphatic carbocycles. The average molecular weight is 265 g/mol. The van der Waals surface area contributed by atoms with Crippen molar-refractivity contribution in [1.82, 2.24) is 15.3 Å². The summed E-state index contributed by atoms with van der Waals surface area (Å²) < 4.78 is 0. The van der Waals surface area contributed by atoms with Gasteiger partial charge in [-0.1, -0.05) is 19.1 Å². The molecule has 2 heterocycles. The second kappa shape index (κ2) is 5.88. The number of aromatic nitrogens is 2. The second-order valence-corrected chi connectivity index (χ2v) is 4.97. The topological polar surface area (TPSA) is 40.7 Å². The molecule has 3 nitrogen and oxygen atoms in total. The van der Waals surface area contributed by atoms with Crippen molar-refractivity contribution < 1.29 is 0 Å². The predicted molar refractivity (Wildman–Crippen MR) is 82.5 cm³/mol. The van der Waals surface area contributed by atoms with Crippen molar-refractivity contribution in [2.75, 3.05) is 0 Å². The van der Waals surface area contributed by atoms with Gasteiger partial charge in [0.1, 0.15) is 0 Å². The van der Waals surface area contributed by atoms with Gasteiger partial charge in [0.25, 0.3) is 0 Å². The summed E-state index contributed by atoms with van der Waals surface area (Å²) in [7, 11) is 0. The molecule has 2 N–H and O–H groups in total. The van der Waals surface area contributed by atoms with Crippen molar-refractivity contribution in [2.45, 2.75) is 26.4 Å². The van der Waals surface area contributed by atoms with Crippen LogP contribution < -0.4 is 5.32 Å². The normalized spacial score (nSPS) is 11.1. The molecule has 2 aromatic heterocycles. The summed E-state index contributed by atoms with van der Waals surface area (Å²) in [5, 5.41) is 4.74. The molecule has 0 spiro atoms. The molecule has 0 aliphatic rings. The maximum Gasteiger partial charge on any atom is 0.0573 e. The molecule has 0 saturated heterocycles. The number of benzene rings is 1. The fourth-order valence-corrected chi connectivity index (χ4v) is 2.49. The van der Waals surface area contributed by atoms with Gasteiger partial charge in [-0.15, -0.1) is 0 Å². The molecule has 0 aliphatic heterocycles. The van der Waals surface area contributed by atoms with Crippen LogP contribution in [0.4, 0.5) is 0 Å². The van der Waals surface area contributed by atoms with E-state index in [-0.39, 0.29) is 0 Å². The van der Waals surface area contributed by atoms with Crippen molar-refractivity contribution >= 4 is 10.9 Å². The number of hydrogen-bond acceptors (Lipinski definition) is 2. The number of nitrogens with one attached hydrogen (secondary N) is 2. The van der Waals surface area contributed by atoms with Gasteiger partial charge in [-0.25, -0.2) is 0 Å². The average Bonchev–Trinajstić information content (AvgIpc) is 2.95. The van der Waals surface area contributed by atoms with Gasteiger partial charge < -0.3 is 10.3 Å². The van der Waals surface area contributed by atoms with E-state index in [0.29, 0.717) is 0 Å². The van der Waals surface area contributed by atoms with E-state index < -0.39 is 0 Å². The van der Waals surface area contributed by atoms with Gasteiger partial charge in [-0.05, 0) is 47.2 Å². The van der Waals surface area contributed by atoms with Crippen LogP contribution in [0, 0.1) is 0 Å². The highest BCUT2D eigenvalue weighted by Gasteiger charge is 2.01. The predicted octanol–water partition coefficient (Wildman–Crippen LogP) is 3.42. The third-order valence-corrected chi connectivity index (χ3v) is 3.60. The molecule has 0 atom stereocenters. The van der Waals surface area contributed by atoms with Crippen LogP contribution in [0.1, 0.15) is 23.7 Å². The Morgan fingerprint density at radius 3 is 3.00 bits per heavy atom. The lowest BCUT2D eigenvalue weighted by atomic mass is 10.1. The van der Waals surface area contributed by atoms with Crippen LogP contribution in [0.5, 0.6) is 0 Å². The van der Waals surface area contributed by atoms with Crippen molar-refractivity contribution in [3.05, 3.63) is 65.6 Å². The Balaban J connectivity index is 1.64. The number of fused-ring (bicyclic) bond motifs is 1. The minimum Gasteiger partial charge on any atom is -0.361 e. The summed E-state index contributed by atoms with van der Waals surface area (Å²) in [6.45, 7) is 3.84. The van der Waals surface area contributed by atoms with Gasteiger partial charge >= 0.3 is 0 Å². The fraction of sp³-hybridized carbons (Fsp3) is 0.235. The fourth-order valence-electron chi connectivity index (χ4n) is 2.49. The van der Waals surface area contributed by atoms with Gasteiger partial charge in [0, 0.05) is 31.0 Å². The summed E-state index contributed by atoms with van der Waals surface area (Å²) in [6, 6.07) is 12.8. The molecule has 0 radical (unpaired) electrons. The van der Waals surface area contributed by atoms with Crippen LogP contribution in [0.15, 0.2) is 48.8 Å². The Labute approximate surface area is 119 Å². The van der Waals surface area contributed by atoms with Crippen LogP contribution in [-0.2, 0) is 19.5 Å². The van der Waals surface area contributed by atoms with Gasteiger partial charge in [-0.2, -0.15) is 0 Å². The minimum atomic E-state index is 0.815. The van der Waals surface area contributed by atoms with Gasteiger partial charge in [0.2, 0.25) is 0 Å². The first-order chi connectivity index (χ1) is 9.86. The van der Waals surface area contributed by atoms with Crippen LogP contribution in [0.2, 0.25) is 0 Å². The first-order valence-electron chi connectivity index (χ1n) is 7.06. The zero-order valence-electron chi connectivity index (χ0n) is 11.7. The van der Waals surface area contributed by atoms with Crippen LogP contribution >= 0.6 is 0 Å². The summed E-state index contributed by atoms with van der Waals surface area (Å²) in [4.78, 5) is 7.67. The molecule has 0 bridgehead atoms. The standard InChI is InChI=1S/C17H19N3/c1-2-14-4-3-8-19-17(14)12-18-11-13-5-6-16-15(10-13)7-9-20-16/h3-10,18,20H,2,11-12H2,1H3. The van der Waals surface area contributed by atoms with Gasteiger partial charge in [0.05, 0.1) is 5.69 Å². The van der Waals surface area contributed by atoms with E-state index in [4.69, 9.17) is 0 Å². The number of aromatic amines is 1. The molecule has 0 unspecified atom stereocenters. The zero-order chi connectivity index (χ0) is 13.8. The Bertz CT molecular complexity index is 700.